The van der Waals surface area contributed by atoms with Crippen LogP contribution in [0.15, 0.2) is 0 Å². The molecule has 0 aromatic heterocycles. The average Bonchev–Trinajstić information content (AvgIpc) is 2.32. The number of hydrogen-bond acceptors (Lipinski definition) is 5. The Morgan fingerprint density at radius 1 is 1.12 bits per heavy atom. The van der Waals surface area contributed by atoms with Crippen molar-refractivity contribution in [2.24, 2.45) is 0 Å². The predicted octanol–water partition coefficient (Wildman–Crippen LogP) is 1.81. The van der Waals surface area contributed by atoms with Gasteiger partial charge < -0.3 is 19.7 Å². The molecule has 0 aromatic carbocycles. The predicted molar refractivity (Wildman–Crippen MR) is 79.6 cm³/mol. The van der Waals surface area contributed by atoms with Crippen LogP contribution in [0.3, 0.4) is 0 Å². The standard InChI is InChI=1S/C15H23F3N2O5/c1-14(2,3)25-13(22)20-6-9(7-20)19-12(21)8-23-10-4-11(5-10)24-15(16,17)18/h9-11H,4-8H2,1-3H3,(H,19,21). The number of nitrogens with one attached hydrogen (secondary N) is 1. The van der Waals surface area contributed by atoms with E-state index in [-0.39, 0.29) is 31.4 Å². The van der Waals surface area contributed by atoms with Crippen LogP contribution in [0.5, 0.6) is 0 Å². The summed E-state index contributed by atoms with van der Waals surface area (Å²) in [5.74, 6) is -0.367. The van der Waals surface area contributed by atoms with Gasteiger partial charge in [-0.2, -0.15) is 0 Å². The van der Waals surface area contributed by atoms with Crippen molar-refractivity contribution in [2.45, 2.75) is 63.8 Å². The summed E-state index contributed by atoms with van der Waals surface area (Å²) in [6.45, 7) is 5.79. The lowest BCUT2D eigenvalue weighted by Crippen LogP contribution is -2.62. The van der Waals surface area contributed by atoms with Gasteiger partial charge >= 0.3 is 12.5 Å². The summed E-state index contributed by atoms with van der Waals surface area (Å²) in [4.78, 5) is 24.9. The zero-order valence-corrected chi connectivity index (χ0v) is 14.4. The van der Waals surface area contributed by atoms with Crippen molar-refractivity contribution in [3.8, 4) is 0 Å². The minimum atomic E-state index is -4.64. The summed E-state index contributed by atoms with van der Waals surface area (Å²) in [5, 5.41) is 2.69. The van der Waals surface area contributed by atoms with Gasteiger partial charge in [0.1, 0.15) is 12.2 Å². The van der Waals surface area contributed by atoms with Gasteiger partial charge in [-0.1, -0.05) is 0 Å². The number of likely N-dealkylation sites (tertiary alicyclic amines) is 1. The first-order chi connectivity index (χ1) is 11.4. The van der Waals surface area contributed by atoms with E-state index in [1.165, 1.54) is 4.90 Å². The third-order valence-electron chi connectivity index (χ3n) is 3.70. The summed E-state index contributed by atoms with van der Waals surface area (Å²) in [7, 11) is 0. The molecule has 0 unspecified atom stereocenters. The van der Waals surface area contributed by atoms with E-state index in [0.29, 0.717) is 13.1 Å². The fraction of sp³-hybridized carbons (Fsp3) is 0.867. The summed E-state index contributed by atoms with van der Waals surface area (Å²) < 4.78 is 50.2. The molecule has 1 saturated heterocycles. The second-order valence-corrected chi connectivity index (χ2v) is 7.24. The summed E-state index contributed by atoms with van der Waals surface area (Å²) in [6, 6.07) is -0.175. The number of ether oxygens (including phenoxy) is 3. The molecule has 1 aliphatic heterocycles. The maximum absolute atomic E-state index is 12.0. The first kappa shape index (κ1) is 19.8. The molecule has 0 spiro atoms. The number of rotatable bonds is 5. The van der Waals surface area contributed by atoms with Crippen molar-refractivity contribution in [2.75, 3.05) is 19.7 Å². The Morgan fingerprint density at radius 2 is 1.72 bits per heavy atom. The van der Waals surface area contributed by atoms with Crippen molar-refractivity contribution >= 4 is 12.0 Å². The van der Waals surface area contributed by atoms with E-state index in [1.54, 1.807) is 20.8 Å². The molecule has 2 rings (SSSR count). The lowest BCUT2D eigenvalue weighted by molar-refractivity contribution is -0.357. The van der Waals surface area contributed by atoms with E-state index in [2.05, 4.69) is 10.1 Å². The van der Waals surface area contributed by atoms with Crippen LogP contribution in [0.25, 0.3) is 0 Å². The molecule has 144 valence electrons. The van der Waals surface area contributed by atoms with Crippen LogP contribution in [0, 0.1) is 0 Å². The number of alkyl halides is 3. The van der Waals surface area contributed by atoms with E-state index in [4.69, 9.17) is 9.47 Å². The van der Waals surface area contributed by atoms with E-state index in [1.807, 2.05) is 0 Å². The van der Waals surface area contributed by atoms with Crippen LogP contribution in [0.2, 0.25) is 0 Å². The molecule has 1 heterocycles. The normalized spacial score (nSPS) is 24.3. The minimum absolute atomic E-state index is 0.114. The molecule has 10 heteroatoms. The topological polar surface area (TPSA) is 77.1 Å². The molecule has 0 atom stereocenters. The number of carbonyl (C=O) groups excluding carboxylic acids is 2. The highest BCUT2D eigenvalue weighted by Crippen LogP contribution is 2.31. The molecule has 25 heavy (non-hydrogen) atoms. The smallest absolute Gasteiger partial charge is 0.444 e. The van der Waals surface area contributed by atoms with Gasteiger partial charge in [-0.05, 0) is 20.8 Å². The van der Waals surface area contributed by atoms with Crippen LogP contribution >= 0.6 is 0 Å². The highest BCUT2D eigenvalue weighted by molar-refractivity contribution is 5.78. The molecule has 0 bridgehead atoms. The maximum Gasteiger partial charge on any atom is 0.522 e. The highest BCUT2D eigenvalue weighted by atomic mass is 19.4. The molecule has 1 N–H and O–H groups in total. The molecule has 1 aliphatic carbocycles. The number of halogens is 3. The van der Waals surface area contributed by atoms with Crippen molar-refractivity contribution in [1.29, 1.82) is 0 Å². The van der Waals surface area contributed by atoms with Crippen LogP contribution in [-0.4, -0.2) is 66.8 Å². The molecule has 7 nitrogen and oxygen atoms in total. The van der Waals surface area contributed by atoms with Gasteiger partial charge in [0.25, 0.3) is 0 Å². The van der Waals surface area contributed by atoms with Gasteiger partial charge in [0.15, 0.2) is 0 Å². The third-order valence-corrected chi connectivity index (χ3v) is 3.70. The number of nitrogens with zero attached hydrogens (tertiary/aromatic N) is 1. The number of amides is 2. The van der Waals surface area contributed by atoms with Crippen LogP contribution in [0.4, 0.5) is 18.0 Å². The number of hydrogen-bond donors (Lipinski definition) is 1. The van der Waals surface area contributed by atoms with E-state index < -0.39 is 30.3 Å². The molecule has 2 aliphatic rings. The van der Waals surface area contributed by atoms with Crippen LogP contribution < -0.4 is 5.32 Å². The second kappa shape index (κ2) is 7.36. The molecule has 2 fully saturated rings. The Morgan fingerprint density at radius 3 is 2.24 bits per heavy atom. The molecular weight excluding hydrogens is 345 g/mol. The van der Waals surface area contributed by atoms with E-state index >= 15 is 0 Å². The first-order valence-corrected chi connectivity index (χ1v) is 8.05. The largest absolute Gasteiger partial charge is 0.522 e. The van der Waals surface area contributed by atoms with Crippen molar-refractivity contribution in [3.05, 3.63) is 0 Å². The first-order valence-electron chi connectivity index (χ1n) is 8.05. The average molecular weight is 368 g/mol. The van der Waals surface area contributed by atoms with E-state index in [0.717, 1.165) is 0 Å². The van der Waals surface area contributed by atoms with Gasteiger partial charge in [0, 0.05) is 25.9 Å². The zero-order valence-electron chi connectivity index (χ0n) is 14.4. The van der Waals surface area contributed by atoms with Gasteiger partial charge in [-0.25, -0.2) is 4.79 Å². The lowest BCUT2D eigenvalue weighted by atomic mass is 9.92. The maximum atomic E-state index is 12.0. The van der Waals surface area contributed by atoms with Crippen LogP contribution in [-0.2, 0) is 19.0 Å². The van der Waals surface area contributed by atoms with Gasteiger partial charge in [0.05, 0.1) is 18.2 Å². The Hall–Kier alpha value is -1.55. The SMILES string of the molecule is CC(C)(C)OC(=O)N1CC(NC(=O)COC2CC(OC(F)(F)F)C2)C1. The Kier molecular flexibility index (Phi) is 5.82. The van der Waals surface area contributed by atoms with Crippen molar-refractivity contribution in [3.63, 3.8) is 0 Å². The van der Waals surface area contributed by atoms with Crippen molar-refractivity contribution < 1.29 is 37.0 Å². The Bertz CT molecular complexity index is 494. The second-order valence-electron chi connectivity index (χ2n) is 7.24. The molecule has 2 amide bonds. The van der Waals surface area contributed by atoms with Crippen molar-refractivity contribution in [1.82, 2.24) is 10.2 Å². The molecule has 0 aromatic rings. The fourth-order valence-electron chi connectivity index (χ4n) is 2.45. The monoisotopic (exact) mass is 368 g/mol. The number of carbonyl (C=O) groups is 2. The highest BCUT2D eigenvalue weighted by Gasteiger charge is 2.41. The van der Waals surface area contributed by atoms with Gasteiger partial charge in [0.2, 0.25) is 5.91 Å². The Labute approximate surface area is 143 Å². The zero-order chi connectivity index (χ0) is 18.8. The summed E-state index contributed by atoms with van der Waals surface area (Å²) in [5.41, 5.74) is -0.574. The molecule has 0 radical (unpaired) electrons. The summed E-state index contributed by atoms with van der Waals surface area (Å²) >= 11 is 0. The lowest BCUT2D eigenvalue weighted by Gasteiger charge is -2.40. The Balaban J connectivity index is 1.54. The van der Waals surface area contributed by atoms with Gasteiger partial charge in [-0.15, -0.1) is 13.2 Å². The quantitative estimate of drug-likeness (QED) is 0.801. The molecule has 1 saturated carbocycles. The van der Waals surface area contributed by atoms with Crippen LogP contribution in [0.1, 0.15) is 33.6 Å². The fourth-order valence-corrected chi connectivity index (χ4v) is 2.45. The van der Waals surface area contributed by atoms with E-state index in [9.17, 15) is 22.8 Å². The summed E-state index contributed by atoms with van der Waals surface area (Å²) in [6.07, 6.45) is -6.15. The molecular formula is C15H23F3N2O5. The van der Waals surface area contributed by atoms with Gasteiger partial charge in [-0.3, -0.25) is 9.53 Å². The third kappa shape index (κ3) is 6.69. The minimum Gasteiger partial charge on any atom is -0.444 e.